The number of aryl methyl sites for hydroxylation is 2. The zero-order valence-corrected chi connectivity index (χ0v) is 14.5. The SMILES string of the molecule is C[C@@H](Oc1ccc(F)cc1)C(=O)NNC(=O)Cc1ccc2c(c1)CCC2. The number of hydrogen-bond donors (Lipinski definition) is 2. The van der Waals surface area contributed by atoms with E-state index in [4.69, 9.17) is 4.74 Å². The van der Waals surface area contributed by atoms with E-state index in [9.17, 15) is 14.0 Å². The van der Waals surface area contributed by atoms with Crippen LogP contribution >= 0.6 is 0 Å². The van der Waals surface area contributed by atoms with E-state index in [2.05, 4.69) is 23.0 Å². The summed E-state index contributed by atoms with van der Waals surface area (Å²) in [6.45, 7) is 1.55. The topological polar surface area (TPSA) is 67.4 Å². The Morgan fingerprint density at radius 1 is 1.08 bits per heavy atom. The van der Waals surface area contributed by atoms with Gasteiger partial charge in [0.2, 0.25) is 5.91 Å². The molecule has 136 valence electrons. The molecule has 6 heteroatoms. The smallest absolute Gasteiger partial charge is 0.279 e. The molecule has 2 N–H and O–H groups in total. The molecule has 0 heterocycles. The number of hydrogen-bond acceptors (Lipinski definition) is 3. The van der Waals surface area contributed by atoms with Crippen molar-refractivity contribution < 1.29 is 18.7 Å². The zero-order chi connectivity index (χ0) is 18.5. The van der Waals surface area contributed by atoms with Crippen molar-refractivity contribution in [2.45, 2.75) is 38.7 Å². The highest BCUT2D eigenvalue weighted by Gasteiger charge is 2.16. The maximum absolute atomic E-state index is 12.9. The molecule has 5 nitrogen and oxygen atoms in total. The summed E-state index contributed by atoms with van der Waals surface area (Å²) in [5.74, 6) is -0.798. The Morgan fingerprint density at radius 2 is 1.81 bits per heavy atom. The molecule has 1 atom stereocenters. The lowest BCUT2D eigenvalue weighted by atomic mass is 10.0. The lowest BCUT2D eigenvalue weighted by Crippen LogP contribution is -2.47. The fourth-order valence-electron chi connectivity index (χ4n) is 2.97. The van der Waals surface area contributed by atoms with E-state index in [0.29, 0.717) is 5.75 Å². The van der Waals surface area contributed by atoms with Crippen LogP contribution in [0, 0.1) is 5.82 Å². The first-order chi connectivity index (χ1) is 12.5. The number of ether oxygens (including phenoxy) is 1. The largest absolute Gasteiger partial charge is 0.481 e. The number of nitrogens with one attached hydrogen (secondary N) is 2. The molecule has 0 saturated carbocycles. The first-order valence-corrected chi connectivity index (χ1v) is 8.63. The maximum atomic E-state index is 12.9. The average Bonchev–Trinajstić information content (AvgIpc) is 3.09. The molecule has 0 aliphatic heterocycles. The van der Waals surface area contributed by atoms with E-state index in [1.165, 1.54) is 35.4 Å². The second kappa shape index (κ2) is 7.99. The first-order valence-electron chi connectivity index (χ1n) is 8.63. The predicted octanol–water partition coefficient (Wildman–Crippen LogP) is 2.47. The second-order valence-corrected chi connectivity index (χ2v) is 6.38. The highest BCUT2D eigenvalue weighted by molar-refractivity contribution is 5.85. The fraction of sp³-hybridized carbons (Fsp3) is 0.300. The minimum Gasteiger partial charge on any atom is -0.481 e. The number of carbonyl (C=O) groups is 2. The highest BCUT2D eigenvalue weighted by Crippen LogP contribution is 2.22. The van der Waals surface area contributed by atoms with E-state index >= 15 is 0 Å². The fourth-order valence-corrected chi connectivity index (χ4v) is 2.97. The van der Waals surface area contributed by atoms with Gasteiger partial charge in [-0.05, 0) is 67.1 Å². The second-order valence-electron chi connectivity index (χ2n) is 6.38. The molecule has 3 rings (SSSR count). The minimum atomic E-state index is -0.833. The van der Waals surface area contributed by atoms with E-state index in [-0.39, 0.29) is 18.1 Å². The van der Waals surface area contributed by atoms with Crippen molar-refractivity contribution in [3.05, 3.63) is 65.0 Å². The standard InChI is InChI=1S/C20H21FN2O3/c1-13(26-18-9-7-17(21)8-10-18)20(25)23-22-19(24)12-14-5-6-15-3-2-4-16(15)11-14/h5-11,13H,2-4,12H2,1H3,(H,22,24)(H,23,25)/t13-/m1/s1. The van der Waals surface area contributed by atoms with Gasteiger partial charge in [-0.1, -0.05) is 18.2 Å². The molecule has 2 aromatic carbocycles. The van der Waals surface area contributed by atoms with Crippen LogP contribution in [-0.4, -0.2) is 17.9 Å². The van der Waals surface area contributed by atoms with Crippen molar-refractivity contribution in [2.75, 3.05) is 0 Å². The molecule has 0 bridgehead atoms. The summed E-state index contributed by atoms with van der Waals surface area (Å²) < 4.78 is 18.3. The molecule has 0 saturated heterocycles. The Bertz CT molecular complexity index is 805. The summed E-state index contributed by atoms with van der Waals surface area (Å²) in [4.78, 5) is 24.0. The van der Waals surface area contributed by atoms with Gasteiger partial charge in [0.1, 0.15) is 11.6 Å². The molecule has 0 fully saturated rings. The Labute approximate surface area is 151 Å². The van der Waals surface area contributed by atoms with Gasteiger partial charge in [-0.15, -0.1) is 0 Å². The van der Waals surface area contributed by atoms with E-state index < -0.39 is 12.0 Å². The summed E-state index contributed by atoms with van der Waals surface area (Å²) in [6, 6.07) is 11.5. The maximum Gasteiger partial charge on any atom is 0.279 e. The molecule has 26 heavy (non-hydrogen) atoms. The number of rotatable bonds is 5. The third-order valence-electron chi connectivity index (χ3n) is 4.35. The van der Waals surface area contributed by atoms with Crippen molar-refractivity contribution >= 4 is 11.8 Å². The highest BCUT2D eigenvalue weighted by atomic mass is 19.1. The van der Waals surface area contributed by atoms with E-state index in [0.717, 1.165) is 24.8 Å². The molecule has 0 spiro atoms. The van der Waals surface area contributed by atoms with Crippen LogP contribution < -0.4 is 15.6 Å². The number of fused-ring (bicyclic) bond motifs is 1. The lowest BCUT2D eigenvalue weighted by molar-refractivity contribution is -0.132. The molecular weight excluding hydrogens is 335 g/mol. The van der Waals surface area contributed by atoms with Crippen molar-refractivity contribution in [3.63, 3.8) is 0 Å². The Kier molecular flexibility index (Phi) is 5.51. The average molecular weight is 356 g/mol. The van der Waals surface area contributed by atoms with Crippen molar-refractivity contribution in [2.24, 2.45) is 0 Å². The van der Waals surface area contributed by atoms with Gasteiger partial charge in [0.05, 0.1) is 6.42 Å². The van der Waals surface area contributed by atoms with Crippen LogP contribution in [0.4, 0.5) is 4.39 Å². The molecule has 2 aromatic rings. The van der Waals surface area contributed by atoms with Crippen LogP contribution in [0.1, 0.15) is 30.0 Å². The van der Waals surface area contributed by atoms with Gasteiger partial charge >= 0.3 is 0 Å². The summed E-state index contributed by atoms with van der Waals surface area (Å²) in [7, 11) is 0. The summed E-state index contributed by atoms with van der Waals surface area (Å²) in [5.41, 5.74) is 8.33. The minimum absolute atomic E-state index is 0.195. The van der Waals surface area contributed by atoms with Gasteiger partial charge < -0.3 is 4.74 Å². The zero-order valence-electron chi connectivity index (χ0n) is 14.5. The number of hydrazine groups is 1. The van der Waals surface area contributed by atoms with E-state index in [1.807, 2.05) is 6.07 Å². The van der Waals surface area contributed by atoms with Crippen molar-refractivity contribution in [1.82, 2.24) is 10.9 Å². The quantitative estimate of drug-likeness (QED) is 0.809. The lowest BCUT2D eigenvalue weighted by Gasteiger charge is -2.15. The molecule has 0 radical (unpaired) electrons. The van der Waals surface area contributed by atoms with Crippen LogP contribution in [0.15, 0.2) is 42.5 Å². The van der Waals surface area contributed by atoms with Crippen LogP contribution in [0.2, 0.25) is 0 Å². The molecule has 2 amide bonds. The number of carbonyl (C=O) groups excluding carboxylic acids is 2. The third-order valence-corrected chi connectivity index (χ3v) is 4.35. The monoisotopic (exact) mass is 356 g/mol. The molecular formula is C20H21FN2O3. The predicted molar refractivity (Wildman–Crippen MR) is 94.9 cm³/mol. The molecule has 0 aromatic heterocycles. The normalized spacial score (nSPS) is 13.6. The van der Waals surface area contributed by atoms with Crippen LogP contribution in [-0.2, 0) is 28.9 Å². The molecule has 1 aliphatic carbocycles. The number of amides is 2. The summed E-state index contributed by atoms with van der Waals surface area (Å²) >= 11 is 0. The van der Waals surface area contributed by atoms with Gasteiger partial charge in [-0.3, -0.25) is 20.4 Å². The Balaban J connectivity index is 1.46. The van der Waals surface area contributed by atoms with Crippen molar-refractivity contribution in [1.29, 1.82) is 0 Å². The van der Waals surface area contributed by atoms with Gasteiger partial charge in [0.25, 0.3) is 5.91 Å². The number of benzene rings is 2. The van der Waals surface area contributed by atoms with Crippen LogP contribution in [0.5, 0.6) is 5.75 Å². The Morgan fingerprint density at radius 3 is 2.58 bits per heavy atom. The first kappa shape index (κ1) is 17.9. The third kappa shape index (κ3) is 4.59. The van der Waals surface area contributed by atoms with Gasteiger partial charge in [-0.25, -0.2) is 4.39 Å². The summed E-state index contributed by atoms with van der Waals surface area (Å²) in [6.07, 6.45) is 2.68. The molecule has 0 unspecified atom stereocenters. The van der Waals surface area contributed by atoms with Gasteiger partial charge in [-0.2, -0.15) is 0 Å². The summed E-state index contributed by atoms with van der Waals surface area (Å²) in [5, 5.41) is 0. The molecule has 1 aliphatic rings. The van der Waals surface area contributed by atoms with Crippen LogP contribution in [0.25, 0.3) is 0 Å². The van der Waals surface area contributed by atoms with Crippen LogP contribution in [0.3, 0.4) is 0 Å². The van der Waals surface area contributed by atoms with E-state index in [1.54, 1.807) is 6.92 Å². The van der Waals surface area contributed by atoms with Gasteiger partial charge in [0.15, 0.2) is 6.10 Å². The van der Waals surface area contributed by atoms with Gasteiger partial charge in [0, 0.05) is 0 Å². The number of halogens is 1. The Hall–Kier alpha value is -2.89. The van der Waals surface area contributed by atoms with Crippen molar-refractivity contribution in [3.8, 4) is 5.75 Å².